The molecule has 7 heteroatoms. The summed E-state index contributed by atoms with van der Waals surface area (Å²) in [5.41, 5.74) is 2.03. The third-order valence-electron chi connectivity index (χ3n) is 4.68. The fraction of sp³-hybridized carbons (Fsp3) is 0.286. The van der Waals surface area contributed by atoms with E-state index >= 15 is 0 Å². The Morgan fingerprint density at radius 3 is 2.50 bits per heavy atom. The number of carbonyl (C=O) groups excluding carboxylic acids is 1. The molecule has 3 aromatic rings. The molecular weight excluding hydrogens is 372 g/mol. The first kappa shape index (κ1) is 19.9. The minimum atomic E-state index is 0.00304. The molecule has 6 nitrogen and oxygen atoms in total. The van der Waals surface area contributed by atoms with Crippen molar-refractivity contribution in [3.63, 3.8) is 0 Å². The summed E-state index contributed by atoms with van der Waals surface area (Å²) in [5.74, 6) is 1.71. The molecule has 0 aliphatic heterocycles. The number of aromatic nitrogens is 3. The first-order valence-electron chi connectivity index (χ1n) is 9.06. The van der Waals surface area contributed by atoms with E-state index in [1.165, 1.54) is 6.33 Å². The van der Waals surface area contributed by atoms with Crippen LogP contribution in [0.1, 0.15) is 24.9 Å². The lowest BCUT2D eigenvalue weighted by molar-refractivity contribution is -0.131. The summed E-state index contributed by atoms with van der Waals surface area (Å²) in [4.78, 5) is 19.5. The number of carbonyl (C=O) groups is 1. The van der Waals surface area contributed by atoms with Gasteiger partial charge >= 0.3 is 0 Å². The van der Waals surface area contributed by atoms with Crippen LogP contribution in [0.25, 0.3) is 5.69 Å². The Morgan fingerprint density at radius 1 is 1.18 bits per heavy atom. The number of thioether (sulfide) groups is 1. The molecule has 28 heavy (non-hydrogen) atoms. The van der Waals surface area contributed by atoms with Crippen LogP contribution < -0.4 is 4.74 Å². The molecule has 0 aliphatic carbocycles. The largest absolute Gasteiger partial charge is 0.497 e. The Balaban J connectivity index is 1.51. The predicted molar refractivity (Wildman–Crippen MR) is 111 cm³/mol. The van der Waals surface area contributed by atoms with E-state index in [9.17, 15) is 4.79 Å². The minimum Gasteiger partial charge on any atom is -0.497 e. The average Bonchev–Trinajstić information content (AvgIpc) is 3.28. The molecule has 0 N–H and O–H groups in total. The number of hydrogen-bond donors (Lipinski definition) is 0. The third-order valence-corrected chi connectivity index (χ3v) is 5.69. The SMILES string of the molecule is COc1ccc(SCCC(=O)N(C)C(C)c2ccc(-n3cncn3)cc2)cc1. The Morgan fingerprint density at radius 2 is 1.89 bits per heavy atom. The molecule has 2 aromatic carbocycles. The van der Waals surface area contributed by atoms with Crippen molar-refractivity contribution in [2.45, 2.75) is 24.3 Å². The molecule has 1 unspecified atom stereocenters. The Hall–Kier alpha value is -2.80. The van der Waals surface area contributed by atoms with Crippen LogP contribution >= 0.6 is 11.8 Å². The second-order valence-electron chi connectivity index (χ2n) is 6.39. The Kier molecular flexibility index (Phi) is 6.71. The van der Waals surface area contributed by atoms with Gasteiger partial charge < -0.3 is 9.64 Å². The maximum absolute atomic E-state index is 12.6. The number of nitrogens with zero attached hydrogens (tertiary/aromatic N) is 4. The highest BCUT2D eigenvalue weighted by molar-refractivity contribution is 7.99. The zero-order valence-electron chi connectivity index (χ0n) is 16.3. The van der Waals surface area contributed by atoms with Crippen LogP contribution in [-0.4, -0.2) is 45.5 Å². The molecule has 1 atom stereocenters. The van der Waals surface area contributed by atoms with Crippen LogP contribution in [-0.2, 0) is 4.79 Å². The molecule has 3 rings (SSSR count). The van der Waals surface area contributed by atoms with Gasteiger partial charge in [0.25, 0.3) is 0 Å². The standard InChI is InChI=1S/C21H24N4O2S/c1-16(17-4-6-18(7-5-17)25-15-22-14-23-25)24(2)21(26)12-13-28-20-10-8-19(27-3)9-11-20/h4-11,14-16H,12-13H2,1-3H3. The fourth-order valence-electron chi connectivity index (χ4n) is 2.79. The molecule has 0 bridgehead atoms. The van der Waals surface area contributed by atoms with Gasteiger partial charge in [-0.3, -0.25) is 4.79 Å². The molecule has 0 spiro atoms. The van der Waals surface area contributed by atoms with Gasteiger partial charge in [-0.15, -0.1) is 11.8 Å². The van der Waals surface area contributed by atoms with Gasteiger partial charge in [-0.05, 0) is 48.9 Å². The fourth-order valence-corrected chi connectivity index (χ4v) is 3.63. The lowest BCUT2D eigenvalue weighted by atomic mass is 10.1. The summed E-state index contributed by atoms with van der Waals surface area (Å²) < 4.78 is 6.87. The molecule has 146 valence electrons. The summed E-state index contributed by atoms with van der Waals surface area (Å²) in [7, 11) is 3.51. The van der Waals surface area contributed by atoms with Crippen molar-refractivity contribution in [1.82, 2.24) is 19.7 Å². The van der Waals surface area contributed by atoms with E-state index in [4.69, 9.17) is 4.74 Å². The summed E-state index contributed by atoms with van der Waals surface area (Å²) >= 11 is 1.67. The first-order valence-corrected chi connectivity index (χ1v) is 10.0. The van der Waals surface area contributed by atoms with Gasteiger partial charge in [0.1, 0.15) is 18.4 Å². The van der Waals surface area contributed by atoms with E-state index in [1.807, 2.05) is 62.5 Å². The number of rotatable bonds is 8. The molecule has 0 fully saturated rings. The highest BCUT2D eigenvalue weighted by atomic mass is 32.2. The van der Waals surface area contributed by atoms with Crippen molar-refractivity contribution >= 4 is 17.7 Å². The van der Waals surface area contributed by atoms with Gasteiger partial charge in [0.05, 0.1) is 18.8 Å². The smallest absolute Gasteiger partial charge is 0.223 e. The second kappa shape index (κ2) is 9.41. The van der Waals surface area contributed by atoms with Crippen molar-refractivity contribution in [3.8, 4) is 11.4 Å². The van der Waals surface area contributed by atoms with Gasteiger partial charge in [0.15, 0.2) is 0 Å². The number of methoxy groups -OCH3 is 1. The number of ether oxygens (including phenoxy) is 1. The van der Waals surface area contributed by atoms with Crippen LogP contribution in [0.15, 0.2) is 66.1 Å². The molecule has 1 aromatic heterocycles. The van der Waals surface area contributed by atoms with Crippen LogP contribution in [0.3, 0.4) is 0 Å². The third kappa shape index (κ3) is 4.92. The van der Waals surface area contributed by atoms with Gasteiger partial charge in [0.2, 0.25) is 5.91 Å². The van der Waals surface area contributed by atoms with E-state index in [1.54, 1.807) is 34.8 Å². The molecule has 0 aliphatic rings. The second-order valence-corrected chi connectivity index (χ2v) is 7.55. The van der Waals surface area contributed by atoms with Gasteiger partial charge in [-0.2, -0.15) is 5.10 Å². The predicted octanol–water partition coefficient (Wildman–Crippen LogP) is 3.98. The van der Waals surface area contributed by atoms with E-state index in [-0.39, 0.29) is 11.9 Å². The topological polar surface area (TPSA) is 60.2 Å². The van der Waals surface area contributed by atoms with Gasteiger partial charge in [0, 0.05) is 24.1 Å². The minimum absolute atomic E-state index is 0.00304. The number of benzene rings is 2. The van der Waals surface area contributed by atoms with Crippen molar-refractivity contribution in [3.05, 3.63) is 66.7 Å². The van der Waals surface area contributed by atoms with E-state index in [0.29, 0.717) is 6.42 Å². The molecule has 1 amide bonds. The van der Waals surface area contributed by atoms with Crippen molar-refractivity contribution in [1.29, 1.82) is 0 Å². The van der Waals surface area contributed by atoms with Gasteiger partial charge in [-0.25, -0.2) is 9.67 Å². The average molecular weight is 397 g/mol. The molecular formula is C21H24N4O2S. The highest BCUT2D eigenvalue weighted by Crippen LogP contribution is 2.24. The number of hydrogen-bond acceptors (Lipinski definition) is 5. The monoisotopic (exact) mass is 396 g/mol. The summed E-state index contributed by atoms with van der Waals surface area (Å²) in [6.07, 6.45) is 3.66. The van der Waals surface area contributed by atoms with Crippen molar-refractivity contribution in [2.75, 3.05) is 19.9 Å². The van der Waals surface area contributed by atoms with E-state index < -0.39 is 0 Å². The quantitative estimate of drug-likeness (QED) is 0.539. The summed E-state index contributed by atoms with van der Waals surface area (Å²) in [6, 6.07) is 15.9. The molecule has 0 saturated heterocycles. The highest BCUT2D eigenvalue weighted by Gasteiger charge is 2.17. The van der Waals surface area contributed by atoms with Crippen LogP contribution in [0.5, 0.6) is 5.75 Å². The summed E-state index contributed by atoms with van der Waals surface area (Å²) in [6.45, 7) is 2.04. The molecule has 0 radical (unpaired) electrons. The number of amides is 1. The maximum Gasteiger partial charge on any atom is 0.223 e. The normalized spacial score (nSPS) is 11.8. The first-order chi connectivity index (χ1) is 13.6. The molecule has 1 heterocycles. The molecule has 0 saturated carbocycles. The lowest BCUT2D eigenvalue weighted by Crippen LogP contribution is -2.29. The maximum atomic E-state index is 12.6. The Bertz CT molecular complexity index is 880. The van der Waals surface area contributed by atoms with E-state index in [0.717, 1.165) is 27.6 Å². The van der Waals surface area contributed by atoms with Crippen LogP contribution in [0.2, 0.25) is 0 Å². The zero-order chi connectivity index (χ0) is 19.9. The van der Waals surface area contributed by atoms with Crippen molar-refractivity contribution in [2.24, 2.45) is 0 Å². The van der Waals surface area contributed by atoms with Crippen molar-refractivity contribution < 1.29 is 9.53 Å². The zero-order valence-corrected chi connectivity index (χ0v) is 17.1. The van der Waals surface area contributed by atoms with Crippen LogP contribution in [0.4, 0.5) is 0 Å². The van der Waals surface area contributed by atoms with E-state index in [2.05, 4.69) is 10.1 Å². The Labute approximate surface area is 169 Å². The van der Waals surface area contributed by atoms with Gasteiger partial charge in [-0.1, -0.05) is 12.1 Å². The van der Waals surface area contributed by atoms with Crippen LogP contribution in [0, 0.1) is 0 Å². The lowest BCUT2D eigenvalue weighted by Gasteiger charge is -2.25. The summed E-state index contributed by atoms with van der Waals surface area (Å²) in [5, 5.41) is 4.12.